The van der Waals surface area contributed by atoms with Crippen molar-refractivity contribution in [1.82, 2.24) is 5.32 Å². The van der Waals surface area contributed by atoms with Crippen LogP contribution in [0.25, 0.3) is 0 Å². The number of hydrogen-bond acceptors (Lipinski definition) is 2. The molecule has 1 atom stereocenters. The van der Waals surface area contributed by atoms with Crippen molar-refractivity contribution < 1.29 is 4.74 Å². The van der Waals surface area contributed by atoms with Gasteiger partial charge in [0.25, 0.3) is 0 Å². The number of benzene rings is 1. The van der Waals surface area contributed by atoms with Crippen molar-refractivity contribution in [2.75, 3.05) is 20.2 Å². The lowest BCUT2D eigenvalue weighted by Crippen LogP contribution is -2.27. The zero-order chi connectivity index (χ0) is 12.0. The maximum atomic E-state index is 6.06. The standard InChI is InChI=1S/C12H17Cl2NO/c1-9(16-2)8-15-6-5-10-3-4-11(13)7-12(10)14/h3-4,7,9,15H,5-6,8H2,1-2H3. The van der Waals surface area contributed by atoms with Gasteiger partial charge in [-0.25, -0.2) is 0 Å². The van der Waals surface area contributed by atoms with Crippen LogP contribution >= 0.6 is 23.2 Å². The zero-order valence-electron chi connectivity index (χ0n) is 9.59. The zero-order valence-corrected chi connectivity index (χ0v) is 11.1. The third-order valence-electron chi connectivity index (χ3n) is 2.42. The third-order valence-corrected chi connectivity index (χ3v) is 3.01. The first kappa shape index (κ1) is 13.8. The fraction of sp³-hybridized carbons (Fsp3) is 0.500. The van der Waals surface area contributed by atoms with Crippen molar-refractivity contribution in [2.45, 2.75) is 19.4 Å². The SMILES string of the molecule is COC(C)CNCCc1ccc(Cl)cc1Cl. The van der Waals surface area contributed by atoms with Gasteiger partial charge in [0.05, 0.1) is 6.10 Å². The molecule has 4 heteroatoms. The summed E-state index contributed by atoms with van der Waals surface area (Å²) >= 11 is 11.9. The third kappa shape index (κ3) is 4.71. The molecule has 0 aliphatic rings. The van der Waals surface area contributed by atoms with Crippen LogP contribution in [0, 0.1) is 0 Å². The van der Waals surface area contributed by atoms with E-state index < -0.39 is 0 Å². The molecule has 0 aliphatic heterocycles. The van der Waals surface area contributed by atoms with Gasteiger partial charge in [0.1, 0.15) is 0 Å². The molecule has 0 spiro atoms. The normalized spacial score (nSPS) is 12.8. The van der Waals surface area contributed by atoms with Crippen molar-refractivity contribution >= 4 is 23.2 Å². The maximum absolute atomic E-state index is 6.06. The van der Waals surface area contributed by atoms with E-state index in [4.69, 9.17) is 27.9 Å². The van der Waals surface area contributed by atoms with E-state index in [1.54, 1.807) is 13.2 Å². The highest BCUT2D eigenvalue weighted by Crippen LogP contribution is 2.20. The van der Waals surface area contributed by atoms with Crippen molar-refractivity contribution in [3.63, 3.8) is 0 Å². The molecule has 16 heavy (non-hydrogen) atoms. The van der Waals surface area contributed by atoms with Crippen molar-refractivity contribution in [2.24, 2.45) is 0 Å². The molecular weight excluding hydrogens is 245 g/mol. The number of ether oxygens (including phenoxy) is 1. The van der Waals surface area contributed by atoms with Gasteiger partial charge in [-0.05, 0) is 37.6 Å². The molecule has 0 saturated heterocycles. The fourth-order valence-corrected chi connectivity index (χ4v) is 1.84. The Morgan fingerprint density at radius 2 is 2.12 bits per heavy atom. The molecule has 1 unspecified atom stereocenters. The molecule has 0 aromatic heterocycles. The van der Waals surface area contributed by atoms with Crippen LogP contribution in [0.4, 0.5) is 0 Å². The van der Waals surface area contributed by atoms with Gasteiger partial charge in [-0.15, -0.1) is 0 Å². The summed E-state index contributed by atoms with van der Waals surface area (Å²) in [5.41, 5.74) is 1.11. The second-order valence-electron chi connectivity index (χ2n) is 3.74. The average Bonchev–Trinajstić information content (AvgIpc) is 2.26. The molecule has 1 aromatic rings. The Kier molecular flexibility index (Phi) is 6.14. The van der Waals surface area contributed by atoms with E-state index >= 15 is 0 Å². The Morgan fingerprint density at radius 1 is 1.38 bits per heavy atom. The lowest BCUT2D eigenvalue weighted by molar-refractivity contribution is 0.117. The van der Waals surface area contributed by atoms with Gasteiger partial charge < -0.3 is 10.1 Å². The second kappa shape index (κ2) is 7.13. The van der Waals surface area contributed by atoms with Crippen molar-refractivity contribution in [3.05, 3.63) is 33.8 Å². The topological polar surface area (TPSA) is 21.3 Å². The molecule has 0 bridgehead atoms. The highest BCUT2D eigenvalue weighted by atomic mass is 35.5. The van der Waals surface area contributed by atoms with Crippen LogP contribution in [-0.4, -0.2) is 26.3 Å². The summed E-state index contributed by atoms with van der Waals surface area (Å²) in [5, 5.41) is 4.72. The summed E-state index contributed by atoms with van der Waals surface area (Å²) in [6.07, 6.45) is 1.13. The molecule has 90 valence electrons. The summed E-state index contributed by atoms with van der Waals surface area (Å²) in [6, 6.07) is 5.60. The van der Waals surface area contributed by atoms with Crippen LogP contribution in [0.5, 0.6) is 0 Å². The number of hydrogen-bond donors (Lipinski definition) is 1. The van der Waals surface area contributed by atoms with E-state index in [-0.39, 0.29) is 6.10 Å². The van der Waals surface area contributed by atoms with Crippen LogP contribution in [0.3, 0.4) is 0 Å². The fourth-order valence-electron chi connectivity index (χ4n) is 1.34. The van der Waals surface area contributed by atoms with Crippen molar-refractivity contribution in [1.29, 1.82) is 0 Å². The average molecular weight is 262 g/mol. The first-order valence-electron chi connectivity index (χ1n) is 5.31. The van der Waals surface area contributed by atoms with Gasteiger partial charge in [-0.2, -0.15) is 0 Å². The maximum Gasteiger partial charge on any atom is 0.0667 e. The monoisotopic (exact) mass is 261 g/mol. The summed E-state index contributed by atoms with van der Waals surface area (Å²) < 4.78 is 5.14. The number of halogens is 2. The van der Waals surface area contributed by atoms with E-state index in [1.165, 1.54) is 0 Å². The number of methoxy groups -OCH3 is 1. The summed E-state index contributed by atoms with van der Waals surface area (Å²) in [5.74, 6) is 0. The molecule has 1 N–H and O–H groups in total. The minimum atomic E-state index is 0.237. The molecule has 1 aromatic carbocycles. The van der Waals surface area contributed by atoms with Crippen LogP contribution in [-0.2, 0) is 11.2 Å². The number of rotatable bonds is 6. The van der Waals surface area contributed by atoms with Crippen LogP contribution in [0.1, 0.15) is 12.5 Å². The lowest BCUT2D eigenvalue weighted by Gasteiger charge is -2.11. The summed E-state index contributed by atoms with van der Waals surface area (Å²) in [6.45, 7) is 3.76. The predicted molar refractivity (Wildman–Crippen MR) is 69.5 cm³/mol. The minimum Gasteiger partial charge on any atom is -0.380 e. The van der Waals surface area contributed by atoms with Gasteiger partial charge in [0, 0.05) is 23.7 Å². The van der Waals surface area contributed by atoms with E-state index in [2.05, 4.69) is 5.32 Å². The molecule has 1 rings (SSSR count). The van der Waals surface area contributed by atoms with Crippen LogP contribution in [0.15, 0.2) is 18.2 Å². The summed E-state index contributed by atoms with van der Waals surface area (Å²) in [7, 11) is 1.71. The summed E-state index contributed by atoms with van der Waals surface area (Å²) in [4.78, 5) is 0. The molecule has 0 aliphatic carbocycles. The smallest absolute Gasteiger partial charge is 0.0667 e. The van der Waals surface area contributed by atoms with Gasteiger partial charge in [0.15, 0.2) is 0 Å². The Hall–Kier alpha value is -0.280. The first-order chi connectivity index (χ1) is 7.63. The van der Waals surface area contributed by atoms with Crippen LogP contribution in [0.2, 0.25) is 10.0 Å². The Bertz CT molecular complexity index is 331. The number of nitrogens with one attached hydrogen (secondary N) is 1. The largest absolute Gasteiger partial charge is 0.380 e. The quantitative estimate of drug-likeness (QED) is 0.795. The molecular formula is C12H17Cl2NO. The molecule has 0 radical (unpaired) electrons. The Labute approximate surface area is 107 Å². The minimum absolute atomic E-state index is 0.237. The molecule has 0 saturated carbocycles. The van der Waals surface area contributed by atoms with E-state index in [0.29, 0.717) is 5.02 Å². The Balaban J connectivity index is 2.32. The lowest BCUT2D eigenvalue weighted by atomic mass is 10.1. The Morgan fingerprint density at radius 3 is 2.75 bits per heavy atom. The first-order valence-corrected chi connectivity index (χ1v) is 6.06. The van der Waals surface area contributed by atoms with E-state index in [9.17, 15) is 0 Å². The van der Waals surface area contributed by atoms with Crippen molar-refractivity contribution in [3.8, 4) is 0 Å². The van der Waals surface area contributed by atoms with Gasteiger partial charge >= 0.3 is 0 Å². The van der Waals surface area contributed by atoms with Gasteiger partial charge in [0.2, 0.25) is 0 Å². The molecule has 0 fully saturated rings. The van der Waals surface area contributed by atoms with Gasteiger partial charge in [-0.1, -0.05) is 29.3 Å². The van der Waals surface area contributed by atoms with E-state index in [0.717, 1.165) is 30.1 Å². The van der Waals surface area contributed by atoms with Gasteiger partial charge in [-0.3, -0.25) is 0 Å². The molecule has 2 nitrogen and oxygen atoms in total. The van der Waals surface area contributed by atoms with E-state index in [1.807, 2.05) is 19.1 Å². The predicted octanol–water partition coefficient (Wildman–Crippen LogP) is 3.16. The molecule has 0 heterocycles. The highest BCUT2D eigenvalue weighted by molar-refractivity contribution is 6.35. The second-order valence-corrected chi connectivity index (χ2v) is 4.58. The molecule has 0 amide bonds. The van der Waals surface area contributed by atoms with Crippen LogP contribution < -0.4 is 5.32 Å². The highest BCUT2D eigenvalue weighted by Gasteiger charge is 2.02.